The van der Waals surface area contributed by atoms with E-state index in [9.17, 15) is 0 Å². The van der Waals surface area contributed by atoms with E-state index in [4.69, 9.17) is 13.3 Å². The van der Waals surface area contributed by atoms with E-state index in [1.807, 2.05) is 18.2 Å². The molecule has 27 rings (SSSR count). The zero-order valence-electron chi connectivity index (χ0n) is 78.9. The fraction of sp³-hybridized carbons (Fsp3) is 0.0909. The Labute approximate surface area is 805 Å². The first kappa shape index (κ1) is 81.5. The molecule has 0 aliphatic carbocycles. The van der Waals surface area contributed by atoms with Gasteiger partial charge in [0.05, 0.1) is 52.9 Å². The molecule has 7 heteroatoms. The Bertz CT molecular complexity index is 8790. The molecule has 662 valence electrons. The number of benzene rings is 24. The van der Waals surface area contributed by atoms with Gasteiger partial charge in [-0.25, -0.2) is 0 Å². The second-order valence-electron chi connectivity index (χ2n) is 41.3. The van der Waals surface area contributed by atoms with Crippen molar-refractivity contribution in [2.24, 2.45) is 0 Å². The lowest BCUT2D eigenvalue weighted by Crippen LogP contribution is -2.14. The van der Waals surface area contributed by atoms with E-state index in [0.717, 1.165) is 183 Å². The van der Waals surface area contributed by atoms with E-state index in [1.165, 1.54) is 97.5 Å². The highest BCUT2D eigenvalue weighted by Crippen LogP contribution is 2.56. The molecule has 0 amide bonds. The summed E-state index contributed by atoms with van der Waals surface area (Å²) in [4.78, 5) is 10.1. The van der Waals surface area contributed by atoms with E-state index >= 15 is 0 Å². The molecule has 0 fully saturated rings. The fourth-order valence-corrected chi connectivity index (χ4v) is 22.6. The van der Waals surface area contributed by atoms with E-state index in [2.05, 4.69) is 464 Å². The minimum absolute atomic E-state index is 0.0491. The summed E-state index contributed by atoms with van der Waals surface area (Å²) in [6.07, 6.45) is 5.30. The molecule has 0 saturated carbocycles. The molecule has 0 bridgehead atoms. The molecule has 0 saturated heterocycles. The molecule has 0 aliphatic heterocycles. The van der Waals surface area contributed by atoms with Gasteiger partial charge >= 0.3 is 0 Å². The van der Waals surface area contributed by atoms with Crippen molar-refractivity contribution in [3.05, 3.63) is 436 Å². The third-order valence-corrected chi connectivity index (χ3v) is 29.9. The van der Waals surface area contributed by atoms with Gasteiger partial charge in [-0.2, -0.15) is 0 Å². The maximum absolute atomic E-state index is 5.77. The van der Waals surface area contributed by atoms with Gasteiger partial charge in [0.15, 0.2) is 0 Å². The Hall–Kier alpha value is -17.0. The highest BCUT2D eigenvalue weighted by molar-refractivity contribution is 6.34. The summed E-state index contributed by atoms with van der Waals surface area (Å²) in [6.45, 7) is 20.7. The lowest BCUT2D eigenvalue weighted by atomic mass is 9.87. The fourth-order valence-electron chi connectivity index (χ4n) is 22.6. The molecule has 3 heterocycles. The number of nitrogens with zero attached hydrogens (tertiary/aromatic N) is 4. The van der Waals surface area contributed by atoms with Crippen molar-refractivity contribution in [1.29, 1.82) is 0 Å². The minimum Gasteiger partial charge on any atom is -0.464 e. The Morgan fingerprint density at radius 1 is 0.151 bits per heavy atom. The Balaban J connectivity index is 0.664. The van der Waals surface area contributed by atoms with Crippen LogP contribution in [0, 0.1) is 0 Å². The van der Waals surface area contributed by atoms with Crippen LogP contribution < -0.4 is 19.6 Å². The van der Waals surface area contributed by atoms with Gasteiger partial charge in [0.1, 0.15) is 16.7 Å². The Kier molecular flexibility index (Phi) is 18.0. The number of fused-ring (bicyclic) bond motifs is 6. The summed E-state index contributed by atoms with van der Waals surface area (Å²) in [5.41, 5.74) is 26.3. The van der Waals surface area contributed by atoms with Crippen LogP contribution in [0.5, 0.6) is 0 Å². The second kappa shape index (κ2) is 30.8. The first-order valence-corrected chi connectivity index (χ1v) is 48.4. The summed E-state index contributed by atoms with van der Waals surface area (Å²) in [5, 5.41) is 31.5. The Morgan fingerprint density at radius 2 is 0.338 bits per heavy atom. The van der Waals surface area contributed by atoms with Crippen molar-refractivity contribution >= 4 is 230 Å². The average Bonchev–Trinajstić information content (AvgIpc) is 0.856. The van der Waals surface area contributed by atoms with Crippen molar-refractivity contribution in [3.63, 3.8) is 0 Å². The molecule has 0 N–H and O–H groups in total. The number of rotatable bonds is 15. The Morgan fingerprint density at radius 3 is 0.576 bits per heavy atom. The molecular formula is C132H96N4O3. The van der Waals surface area contributed by atoms with E-state index in [-0.39, 0.29) is 16.2 Å². The average molecular weight is 1790 g/mol. The van der Waals surface area contributed by atoms with E-state index in [0.29, 0.717) is 0 Å². The predicted molar refractivity (Wildman–Crippen MR) is 591 cm³/mol. The van der Waals surface area contributed by atoms with Crippen LogP contribution in [0.4, 0.5) is 68.2 Å². The standard InChI is InChI=1S/C132H96N4O3/c1-130(2,3)100-34-43-103(44-35-100)133(106-40-16-88-70-85(10-13-94(88)76-106)91-31-61-121-97(73-91)64-67-137-121)115-55-25-79-22-52-112-118(58-28-82-19-49-109(115)124(79)127(82)112)136(119-59-29-83-20-50-110-116(56-26-80-23-53-113(119)128(83)125(80)110)134(104-45-36-101(37-46-104)131(4,5)6)107-41-17-89-71-86(11-14-95(89)77-107)92-32-62-122-98(74-92)65-68-138-122)120-60-30-84-21-51-111-117(57-27-81-24-54-114(120)129(84)126(81)111)135(105-47-38-102(39-48-105)132(7,8)9)108-42-18-90-72-87(12-15-96(90)78-108)93-33-63-123-99(75-93)66-69-139-123/h10-78H,1-9H3. The maximum Gasteiger partial charge on any atom is 0.133 e. The molecule has 0 spiro atoms. The SMILES string of the molecule is CC(C)(C)c1ccc(N(c2ccc3cc(-c4ccc5occc5c4)ccc3c2)c2ccc3ccc4c(N(c5ccc6ccc7c(N(c8ccc(C(C)(C)C)cc8)c8ccc9cc(-c%10ccc%11occc%11c%10)ccc9c8)ccc8ccc5c6c87)c5ccc6ccc7c(N(c8ccc(C(C)(C)C)cc8)c8ccc9cc(-c%10ccc%11occc%11c%10)ccc9c8)ccc8ccc5c6c87)ccc5ccc2c3c54)cc1. The summed E-state index contributed by atoms with van der Waals surface area (Å²) in [7, 11) is 0. The van der Waals surface area contributed by atoms with Crippen LogP contribution in [0.25, 0.3) is 196 Å². The van der Waals surface area contributed by atoms with Crippen LogP contribution in [-0.2, 0) is 16.2 Å². The van der Waals surface area contributed by atoms with Crippen molar-refractivity contribution in [1.82, 2.24) is 0 Å². The van der Waals surface area contributed by atoms with Gasteiger partial charge in [0.25, 0.3) is 0 Å². The topological polar surface area (TPSA) is 52.4 Å². The zero-order valence-corrected chi connectivity index (χ0v) is 78.9. The lowest BCUT2D eigenvalue weighted by Gasteiger charge is -2.32. The molecule has 3 aromatic heterocycles. The van der Waals surface area contributed by atoms with Gasteiger partial charge in [-0.3, -0.25) is 0 Å². The molecule has 0 radical (unpaired) electrons. The maximum atomic E-state index is 5.77. The third-order valence-electron chi connectivity index (χ3n) is 29.9. The highest BCUT2D eigenvalue weighted by atomic mass is 16.3. The summed E-state index contributed by atoms with van der Waals surface area (Å²) in [5.74, 6) is 0. The molecule has 139 heavy (non-hydrogen) atoms. The van der Waals surface area contributed by atoms with E-state index in [1.54, 1.807) is 18.8 Å². The third kappa shape index (κ3) is 13.4. The number of hydrogen-bond acceptors (Lipinski definition) is 7. The summed E-state index contributed by atoms with van der Waals surface area (Å²) < 4.78 is 17.3. The molecule has 0 aliphatic rings. The quantitative estimate of drug-likeness (QED) is 0.0948. The second-order valence-corrected chi connectivity index (χ2v) is 41.3. The minimum atomic E-state index is -0.0491. The van der Waals surface area contributed by atoms with E-state index < -0.39 is 0 Å². The molecular weight excluding hydrogens is 1690 g/mol. The van der Waals surface area contributed by atoms with Gasteiger partial charge in [-0.05, 0) is 345 Å². The van der Waals surface area contributed by atoms with Crippen LogP contribution in [0.15, 0.2) is 432 Å². The summed E-state index contributed by atoms with van der Waals surface area (Å²) in [6, 6.07) is 152. The highest BCUT2D eigenvalue weighted by Gasteiger charge is 2.31. The molecule has 27 aromatic rings. The number of anilines is 12. The zero-order chi connectivity index (χ0) is 93.2. The van der Waals surface area contributed by atoms with Crippen LogP contribution in [0.2, 0.25) is 0 Å². The normalized spacial score (nSPS) is 12.5. The molecule has 7 nitrogen and oxygen atoms in total. The predicted octanol–water partition coefficient (Wildman–Crippen LogP) is 38.8. The first-order valence-electron chi connectivity index (χ1n) is 48.4. The number of hydrogen-bond donors (Lipinski definition) is 0. The monoisotopic (exact) mass is 1780 g/mol. The van der Waals surface area contributed by atoms with Crippen molar-refractivity contribution in [3.8, 4) is 33.4 Å². The number of furan rings is 3. The first-order chi connectivity index (χ1) is 67.7. The van der Waals surface area contributed by atoms with Crippen LogP contribution >= 0.6 is 0 Å². The molecule has 0 atom stereocenters. The van der Waals surface area contributed by atoms with Gasteiger partial charge in [0.2, 0.25) is 0 Å². The van der Waals surface area contributed by atoms with Crippen molar-refractivity contribution in [2.45, 2.75) is 78.6 Å². The van der Waals surface area contributed by atoms with Gasteiger partial charge in [0, 0.05) is 82.6 Å². The summed E-state index contributed by atoms with van der Waals surface area (Å²) >= 11 is 0. The smallest absolute Gasteiger partial charge is 0.133 e. The van der Waals surface area contributed by atoms with Gasteiger partial charge in [-0.15, -0.1) is 0 Å². The molecule has 24 aromatic carbocycles. The van der Waals surface area contributed by atoms with Crippen LogP contribution in [0.1, 0.15) is 79.0 Å². The van der Waals surface area contributed by atoms with Crippen LogP contribution in [0.3, 0.4) is 0 Å². The van der Waals surface area contributed by atoms with Crippen LogP contribution in [-0.4, -0.2) is 0 Å². The largest absolute Gasteiger partial charge is 0.464 e. The van der Waals surface area contributed by atoms with Crippen molar-refractivity contribution < 1.29 is 13.3 Å². The lowest BCUT2D eigenvalue weighted by molar-refractivity contribution is 0.590. The molecule has 0 unspecified atom stereocenters. The van der Waals surface area contributed by atoms with Gasteiger partial charge in [-0.1, -0.05) is 281 Å². The van der Waals surface area contributed by atoms with Gasteiger partial charge < -0.3 is 32.9 Å². The van der Waals surface area contributed by atoms with Crippen molar-refractivity contribution in [2.75, 3.05) is 19.6 Å².